The number of hydrogen-bond acceptors (Lipinski definition) is 5. The first kappa shape index (κ1) is 20.2. The average Bonchev–Trinajstić information content (AvgIpc) is 2.95. The molecule has 3 rings (SSSR count). The van der Waals surface area contributed by atoms with Crippen molar-refractivity contribution in [1.29, 1.82) is 0 Å². The molecule has 0 fully saturated rings. The van der Waals surface area contributed by atoms with Gasteiger partial charge in [0.25, 0.3) is 0 Å². The van der Waals surface area contributed by atoms with Gasteiger partial charge in [0.2, 0.25) is 0 Å². The number of thiazole rings is 1. The lowest BCUT2D eigenvalue weighted by atomic mass is 10.2. The number of hydrogen-bond donors (Lipinski definition) is 0. The third-order valence-electron chi connectivity index (χ3n) is 3.91. The van der Waals surface area contributed by atoms with Crippen LogP contribution in [-0.4, -0.2) is 23.8 Å². The Bertz CT molecular complexity index is 1110. The second-order valence-corrected chi connectivity index (χ2v) is 7.18. The summed E-state index contributed by atoms with van der Waals surface area (Å²) in [6.07, 6.45) is -5.43. The molecule has 0 aliphatic carbocycles. The number of benzene rings is 2. The number of esters is 1. The second kappa shape index (κ2) is 7.48. The minimum Gasteiger partial charge on any atom is -0.479 e. The molecule has 1 aromatic heterocycles. The summed E-state index contributed by atoms with van der Waals surface area (Å²) >= 11 is 6.95. The minimum atomic E-state index is -4.55. The minimum absolute atomic E-state index is 0.115. The highest BCUT2D eigenvalue weighted by atomic mass is 35.5. The van der Waals surface area contributed by atoms with Gasteiger partial charge >= 0.3 is 17.0 Å². The fourth-order valence-corrected chi connectivity index (χ4v) is 3.71. The van der Waals surface area contributed by atoms with Gasteiger partial charge in [-0.3, -0.25) is 9.36 Å². The van der Waals surface area contributed by atoms with Crippen molar-refractivity contribution in [2.45, 2.75) is 19.2 Å². The number of fused-ring (bicyclic) bond motifs is 1. The Hall–Kier alpha value is -2.52. The van der Waals surface area contributed by atoms with Crippen molar-refractivity contribution in [3.8, 4) is 11.4 Å². The van der Waals surface area contributed by atoms with Crippen LogP contribution in [-0.2, 0) is 15.7 Å². The fourth-order valence-electron chi connectivity index (χ4n) is 2.58. The zero-order valence-corrected chi connectivity index (χ0v) is 16.1. The summed E-state index contributed by atoms with van der Waals surface area (Å²) in [5.74, 6) is -0.284. The first-order valence-electron chi connectivity index (χ1n) is 7.89. The van der Waals surface area contributed by atoms with Crippen LogP contribution >= 0.6 is 22.9 Å². The Morgan fingerprint density at radius 3 is 2.54 bits per heavy atom. The Kier molecular flexibility index (Phi) is 5.40. The highest BCUT2D eigenvalue weighted by molar-refractivity contribution is 7.16. The first-order chi connectivity index (χ1) is 13.1. The van der Waals surface area contributed by atoms with Crippen LogP contribution in [0.15, 0.2) is 41.2 Å². The molecule has 0 amide bonds. The highest BCUT2D eigenvalue weighted by Gasteiger charge is 2.31. The van der Waals surface area contributed by atoms with Gasteiger partial charge in [-0.2, -0.15) is 13.2 Å². The van der Waals surface area contributed by atoms with Crippen LogP contribution in [0, 0.1) is 0 Å². The van der Waals surface area contributed by atoms with Gasteiger partial charge in [0.15, 0.2) is 6.10 Å². The molecule has 0 bridgehead atoms. The highest BCUT2D eigenvalue weighted by Crippen LogP contribution is 2.34. The van der Waals surface area contributed by atoms with E-state index < -0.39 is 28.7 Å². The van der Waals surface area contributed by atoms with Crippen LogP contribution in [0.5, 0.6) is 5.75 Å². The van der Waals surface area contributed by atoms with Gasteiger partial charge in [-0.1, -0.05) is 22.9 Å². The fraction of sp³-hybridized carbons (Fsp3) is 0.222. The summed E-state index contributed by atoms with van der Waals surface area (Å²) in [7, 11) is 1.23. The molecule has 28 heavy (non-hydrogen) atoms. The molecule has 1 heterocycles. The second-order valence-electron chi connectivity index (χ2n) is 5.78. The number of halogens is 4. The molecule has 2 aromatic carbocycles. The Balaban J connectivity index is 2.09. The molecule has 0 aliphatic rings. The van der Waals surface area contributed by atoms with E-state index in [4.69, 9.17) is 16.3 Å². The lowest BCUT2D eigenvalue weighted by Gasteiger charge is -2.13. The van der Waals surface area contributed by atoms with Crippen LogP contribution in [0.4, 0.5) is 13.2 Å². The molecular formula is C18H13ClF3NO4S. The Morgan fingerprint density at radius 1 is 1.21 bits per heavy atom. The van der Waals surface area contributed by atoms with E-state index in [1.165, 1.54) is 24.7 Å². The zero-order valence-electron chi connectivity index (χ0n) is 14.5. The number of methoxy groups -OCH3 is 1. The van der Waals surface area contributed by atoms with Gasteiger partial charge < -0.3 is 9.47 Å². The number of aromatic nitrogens is 1. The number of carbonyl (C=O) groups is 1. The van der Waals surface area contributed by atoms with E-state index in [1.54, 1.807) is 12.1 Å². The molecule has 0 saturated carbocycles. The number of carbonyl (C=O) groups excluding carboxylic acids is 1. The predicted molar refractivity (Wildman–Crippen MR) is 99.5 cm³/mol. The molecule has 10 heteroatoms. The number of ether oxygens (including phenoxy) is 2. The van der Waals surface area contributed by atoms with Gasteiger partial charge in [0.05, 0.1) is 33.6 Å². The smallest absolute Gasteiger partial charge is 0.416 e. The maximum atomic E-state index is 12.9. The van der Waals surface area contributed by atoms with E-state index in [0.29, 0.717) is 16.0 Å². The third-order valence-corrected chi connectivity index (χ3v) is 5.14. The van der Waals surface area contributed by atoms with Gasteiger partial charge in [-0.05, 0) is 37.3 Å². The number of nitrogens with zero attached hydrogens (tertiary/aromatic N) is 1. The van der Waals surface area contributed by atoms with Crippen molar-refractivity contribution in [3.63, 3.8) is 0 Å². The molecule has 3 aromatic rings. The number of rotatable bonds is 4. The van der Waals surface area contributed by atoms with E-state index in [0.717, 1.165) is 29.5 Å². The normalized spacial score (nSPS) is 12.8. The van der Waals surface area contributed by atoms with E-state index in [1.807, 2.05) is 0 Å². The zero-order chi connectivity index (χ0) is 20.6. The van der Waals surface area contributed by atoms with Crippen molar-refractivity contribution in [2.75, 3.05) is 7.11 Å². The molecule has 0 aliphatic heterocycles. The molecule has 1 unspecified atom stereocenters. The maximum absolute atomic E-state index is 12.9. The maximum Gasteiger partial charge on any atom is 0.416 e. The van der Waals surface area contributed by atoms with E-state index in [-0.39, 0.29) is 10.7 Å². The predicted octanol–water partition coefficient (Wildman–Crippen LogP) is 4.66. The average molecular weight is 432 g/mol. The summed E-state index contributed by atoms with van der Waals surface area (Å²) in [5.41, 5.74) is -0.403. The third kappa shape index (κ3) is 3.85. The number of alkyl halides is 3. The van der Waals surface area contributed by atoms with Crippen LogP contribution < -0.4 is 9.61 Å². The lowest BCUT2D eigenvalue weighted by molar-refractivity contribution is -0.147. The largest absolute Gasteiger partial charge is 0.479 e. The molecule has 0 saturated heterocycles. The summed E-state index contributed by atoms with van der Waals surface area (Å²) in [6, 6.07) is 7.49. The SMILES string of the molecule is COC(=O)C(C)Oc1ccc2sc(=O)n(-c3ccc(C(F)(F)F)cc3Cl)c2c1. The van der Waals surface area contributed by atoms with Crippen molar-refractivity contribution < 1.29 is 27.4 Å². The van der Waals surface area contributed by atoms with Crippen molar-refractivity contribution in [1.82, 2.24) is 4.57 Å². The molecule has 1 atom stereocenters. The van der Waals surface area contributed by atoms with Crippen molar-refractivity contribution in [3.05, 3.63) is 56.7 Å². The molecular weight excluding hydrogens is 419 g/mol. The summed E-state index contributed by atoms with van der Waals surface area (Å²) in [6.45, 7) is 1.50. The molecule has 0 radical (unpaired) electrons. The van der Waals surface area contributed by atoms with Gasteiger partial charge in [-0.15, -0.1) is 0 Å². The standard InChI is InChI=1S/C18H13ClF3NO4S/c1-9(16(24)26-2)27-11-4-6-15-14(8-11)23(17(25)28-15)13-5-3-10(7-12(13)19)18(20,21)22/h3-9H,1-2H3. The van der Waals surface area contributed by atoms with Gasteiger partial charge in [-0.25, -0.2) is 4.79 Å². The van der Waals surface area contributed by atoms with Crippen LogP contribution in [0.2, 0.25) is 5.02 Å². The van der Waals surface area contributed by atoms with Crippen LogP contribution in [0.25, 0.3) is 15.9 Å². The lowest BCUT2D eigenvalue weighted by Crippen LogP contribution is -2.24. The Labute approximate surface area is 165 Å². The van der Waals surface area contributed by atoms with Gasteiger partial charge in [0.1, 0.15) is 5.75 Å². The van der Waals surface area contributed by atoms with Gasteiger partial charge in [0, 0.05) is 6.07 Å². The van der Waals surface area contributed by atoms with E-state index in [2.05, 4.69) is 4.74 Å². The van der Waals surface area contributed by atoms with E-state index >= 15 is 0 Å². The van der Waals surface area contributed by atoms with Crippen molar-refractivity contribution >= 4 is 39.1 Å². The molecule has 0 N–H and O–H groups in total. The molecule has 148 valence electrons. The van der Waals surface area contributed by atoms with Crippen molar-refractivity contribution in [2.24, 2.45) is 0 Å². The summed E-state index contributed by atoms with van der Waals surface area (Å²) in [5, 5.41) is -0.217. The van der Waals surface area contributed by atoms with Crippen LogP contribution in [0.1, 0.15) is 12.5 Å². The van der Waals surface area contributed by atoms with E-state index in [9.17, 15) is 22.8 Å². The summed E-state index contributed by atoms with van der Waals surface area (Å²) in [4.78, 5) is 23.5. The van der Waals surface area contributed by atoms with Crippen LogP contribution in [0.3, 0.4) is 0 Å². The summed E-state index contributed by atoms with van der Waals surface area (Å²) < 4.78 is 50.5. The Morgan fingerprint density at radius 2 is 1.93 bits per heavy atom. The molecule has 5 nitrogen and oxygen atoms in total. The first-order valence-corrected chi connectivity index (χ1v) is 9.08. The molecule has 0 spiro atoms. The topological polar surface area (TPSA) is 57.5 Å². The monoisotopic (exact) mass is 431 g/mol. The quantitative estimate of drug-likeness (QED) is 0.563.